The molecule has 2 N–H and O–H groups in total. The maximum absolute atomic E-state index is 12.8. The largest absolute Gasteiger partial charge is 0.493 e. The van der Waals surface area contributed by atoms with Gasteiger partial charge in [-0.05, 0) is 62.4 Å². The summed E-state index contributed by atoms with van der Waals surface area (Å²) in [5.41, 5.74) is 3.14. The minimum Gasteiger partial charge on any atom is -0.493 e. The van der Waals surface area contributed by atoms with Crippen molar-refractivity contribution in [3.05, 3.63) is 65.2 Å². The number of nitrogens with one attached hydrogen (secondary N) is 2. The molecule has 0 saturated carbocycles. The van der Waals surface area contributed by atoms with Crippen LogP contribution in [0.2, 0.25) is 0 Å². The highest BCUT2D eigenvalue weighted by Crippen LogP contribution is 2.24. The first kappa shape index (κ1) is 27.1. The Hall–Kier alpha value is -2.90. The summed E-state index contributed by atoms with van der Waals surface area (Å²) in [6.07, 6.45) is 5.60. The number of amides is 2. The number of hydrogen-bond donors (Lipinski definition) is 2. The molecule has 1 fully saturated rings. The van der Waals surface area contributed by atoms with Crippen LogP contribution in [-0.2, 0) is 29.1 Å². The molecule has 2 aliphatic rings. The summed E-state index contributed by atoms with van der Waals surface area (Å²) in [5.74, 6) is 0.932. The Kier molecular flexibility index (Phi) is 10.4. The van der Waals surface area contributed by atoms with Crippen molar-refractivity contribution in [2.75, 3.05) is 39.3 Å². The second kappa shape index (κ2) is 14.1. The molecule has 1 unspecified atom stereocenters. The van der Waals surface area contributed by atoms with Crippen LogP contribution in [0.25, 0.3) is 0 Å². The standard InChI is InChI=1S/C30H42N4O3/c1-2-34-16-9-12-27(34)20-32-29(35)19-25-13-14-28-26(18-25)22-33(21-24-10-5-3-6-11-24)23-30(36)31-15-7-4-8-17-37-28/h3,5-6,10-11,13-14,18,27H,2,4,7-9,12,15-17,19-23H2,1H3,(H,31,36)(H,32,35). The third-order valence-corrected chi connectivity index (χ3v) is 7.34. The molecule has 4 rings (SSSR count). The number of likely N-dealkylation sites (N-methyl/N-ethyl adjacent to an activating group) is 1. The minimum atomic E-state index is 0.0428. The van der Waals surface area contributed by atoms with Crippen molar-refractivity contribution in [1.29, 1.82) is 0 Å². The average Bonchev–Trinajstić information content (AvgIpc) is 3.36. The molecular weight excluding hydrogens is 464 g/mol. The van der Waals surface area contributed by atoms with E-state index in [1.54, 1.807) is 0 Å². The predicted octanol–water partition coefficient (Wildman–Crippen LogP) is 3.51. The molecule has 0 spiro atoms. The highest BCUT2D eigenvalue weighted by molar-refractivity contribution is 5.79. The predicted molar refractivity (Wildman–Crippen MR) is 146 cm³/mol. The van der Waals surface area contributed by atoms with E-state index in [0.29, 0.717) is 51.8 Å². The quantitative estimate of drug-likeness (QED) is 0.601. The van der Waals surface area contributed by atoms with Gasteiger partial charge in [-0.3, -0.25) is 19.4 Å². The molecule has 7 heteroatoms. The van der Waals surface area contributed by atoms with Crippen molar-refractivity contribution in [2.45, 2.75) is 64.6 Å². The minimum absolute atomic E-state index is 0.0428. The maximum Gasteiger partial charge on any atom is 0.234 e. The molecule has 0 aliphatic carbocycles. The molecule has 1 atom stereocenters. The molecule has 0 bridgehead atoms. The molecule has 2 aromatic carbocycles. The van der Waals surface area contributed by atoms with Gasteiger partial charge in [-0.15, -0.1) is 0 Å². The van der Waals surface area contributed by atoms with Gasteiger partial charge in [0.2, 0.25) is 11.8 Å². The average molecular weight is 507 g/mol. The Balaban J connectivity index is 1.47. The fourth-order valence-corrected chi connectivity index (χ4v) is 5.35. The van der Waals surface area contributed by atoms with E-state index in [2.05, 4.69) is 45.6 Å². The Morgan fingerprint density at radius 3 is 2.76 bits per heavy atom. The van der Waals surface area contributed by atoms with E-state index in [0.717, 1.165) is 61.2 Å². The van der Waals surface area contributed by atoms with Gasteiger partial charge in [0.15, 0.2) is 0 Å². The van der Waals surface area contributed by atoms with E-state index in [9.17, 15) is 9.59 Å². The van der Waals surface area contributed by atoms with Crippen molar-refractivity contribution < 1.29 is 14.3 Å². The van der Waals surface area contributed by atoms with E-state index < -0.39 is 0 Å². The van der Waals surface area contributed by atoms with Gasteiger partial charge in [-0.2, -0.15) is 0 Å². The molecule has 2 heterocycles. The molecule has 0 aromatic heterocycles. The van der Waals surface area contributed by atoms with E-state index >= 15 is 0 Å². The van der Waals surface area contributed by atoms with Crippen LogP contribution in [0.1, 0.15) is 55.7 Å². The Morgan fingerprint density at radius 2 is 1.92 bits per heavy atom. The molecule has 37 heavy (non-hydrogen) atoms. The van der Waals surface area contributed by atoms with Crippen molar-refractivity contribution in [3.8, 4) is 5.75 Å². The van der Waals surface area contributed by atoms with Crippen LogP contribution < -0.4 is 15.4 Å². The topological polar surface area (TPSA) is 73.9 Å². The highest BCUT2D eigenvalue weighted by atomic mass is 16.5. The van der Waals surface area contributed by atoms with Crippen LogP contribution in [-0.4, -0.2) is 67.0 Å². The van der Waals surface area contributed by atoms with Crippen LogP contribution in [0.15, 0.2) is 48.5 Å². The van der Waals surface area contributed by atoms with E-state index in [-0.39, 0.29) is 11.8 Å². The normalized spacial score (nSPS) is 20.0. The highest BCUT2D eigenvalue weighted by Gasteiger charge is 2.23. The summed E-state index contributed by atoms with van der Waals surface area (Å²) in [5, 5.41) is 6.22. The van der Waals surface area contributed by atoms with E-state index in [1.165, 1.54) is 6.42 Å². The molecule has 7 nitrogen and oxygen atoms in total. The van der Waals surface area contributed by atoms with Gasteiger partial charge in [0.05, 0.1) is 19.6 Å². The fraction of sp³-hybridized carbons (Fsp3) is 0.533. The lowest BCUT2D eigenvalue weighted by molar-refractivity contribution is -0.122. The number of ether oxygens (including phenoxy) is 1. The van der Waals surface area contributed by atoms with E-state index in [4.69, 9.17) is 4.74 Å². The summed E-state index contributed by atoms with van der Waals surface area (Å²) in [6.45, 7) is 7.93. The van der Waals surface area contributed by atoms with Crippen LogP contribution >= 0.6 is 0 Å². The first-order chi connectivity index (χ1) is 18.1. The monoisotopic (exact) mass is 506 g/mol. The number of rotatable bonds is 7. The van der Waals surface area contributed by atoms with Crippen molar-refractivity contribution >= 4 is 11.8 Å². The van der Waals surface area contributed by atoms with Crippen molar-refractivity contribution in [1.82, 2.24) is 20.4 Å². The SMILES string of the molecule is CCN1CCCC1CNC(=O)Cc1ccc2c(c1)CN(Cc1ccccc1)CC(=O)NCCCCCO2. The van der Waals surface area contributed by atoms with Gasteiger partial charge in [-0.25, -0.2) is 0 Å². The third-order valence-electron chi connectivity index (χ3n) is 7.34. The number of carbonyl (C=O) groups excluding carboxylic acids is 2. The van der Waals surface area contributed by atoms with Gasteiger partial charge >= 0.3 is 0 Å². The Bertz CT molecular complexity index is 1010. The summed E-state index contributed by atoms with van der Waals surface area (Å²) in [6, 6.07) is 16.7. The second-order valence-electron chi connectivity index (χ2n) is 10.2. The molecule has 200 valence electrons. The molecule has 1 saturated heterocycles. The molecule has 2 aromatic rings. The zero-order chi connectivity index (χ0) is 25.9. The first-order valence-electron chi connectivity index (χ1n) is 13.9. The van der Waals surface area contributed by atoms with Gasteiger partial charge in [-0.1, -0.05) is 49.4 Å². The number of nitrogens with zero attached hydrogens (tertiary/aromatic N) is 2. The lowest BCUT2D eigenvalue weighted by Gasteiger charge is -2.24. The molecular formula is C30H42N4O3. The molecule has 0 radical (unpaired) electrons. The molecule has 2 amide bonds. The number of fused-ring (bicyclic) bond motifs is 1. The summed E-state index contributed by atoms with van der Waals surface area (Å²) >= 11 is 0. The van der Waals surface area contributed by atoms with Crippen LogP contribution in [0, 0.1) is 0 Å². The van der Waals surface area contributed by atoms with Crippen molar-refractivity contribution in [2.24, 2.45) is 0 Å². The lowest BCUT2D eigenvalue weighted by atomic mass is 10.1. The number of benzene rings is 2. The van der Waals surface area contributed by atoms with Crippen LogP contribution in [0.5, 0.6) is 5.75 Å². The number of carbonyl (C=O) groups is 2. The zero-order valence-corrected chi connectivity index (χ0v) is 22.2. The van der Waals surface area contributed by atoms with Gasteiger partial charge in [0, 0.05) is 37.8 Å². The van der Waals surface area contributed by atoms with Gasteiger partial charge < -0.3 is 15.4 Å². The van der Waals surface area contributed by atoms with Crippen LogP contribution in [0.4, 0.5) is 0 Å². The summed E-state index contributed by atoms with van der Waals surface area (Å²) in [7, 11) is 0. The van der Waals surface area contributed by atoms with Gasteiger partial charge in [0.25, 0.3) is 0 Å². The third kappa shape index (κ3) is 8.58. The fourth-order valence-electron chi connectivity index (χ4n) is 5.35. The first-order valence-corrected chi connectivity index (χ1v) is 13.9. The van der Waals surface area contributed by atoms with Gasteiger partial charge in [0.1, 0.15) is 5.75 Å². The smallest absolute Gasteiger partial charge is 0.234 e. The summed E-state index contributed by atoms with van der Waals surface area (Å²) in [4.78, 5) is 30.1. The zero-order valence-electron chi connectivity index (χ0n) is 22.2. The van der Waals surface area contributed by atoms with Crippen LogP contribution in [0.3, 0.4) is 0 Å². The van der Waals surface area contributed by atoms with Crippen molar-refractivity contribution in [3.63, 3.8) is 0 Å². The number of likely N-dealkylation sites (tertiary alicyclic amines) is 1. The Labute approximate surface area is 221 Å². The maximum atomic E-state index is 12.8. The second-order valence-corrected chi connectivity index (χ2v) is 10.2. The number of hydrogen-bond acceptors (Lipinski definition) is 5. The Morgan fingerprint density at radius 1 is 1.05 bits per heavy atom. The summed E-state index contributed by atoms with van der Waals surface area (Å²) < 4.78 is 6.19. The van der Waals surface area contributed by atoms with E-state index in [1.807, 2.05) is 30.3 Å². The lowest BCUT2D eigenvalue weighted by Crippen LogP contribution is -2.40. The molecule has 2 aliphatic heterocycles.